The maximum Gasteiger partial charge on any atom is 0.359 e. The second-order valence-corrected chi connectivity index (χ2v) is 7.06. The van der Waals surface area contributed by atoms with Gasteiger partial charge in [0.05, 0.1) is 16.6 Å². The standard InChI is InChI=1S/C22H20N4O4/c1-14(2)12-26-21(28)17-9-5-4-8-16(17)20(25-26)22(29)30-13-19(27)24-18-10-6-3-7-15(18)11-23/h3-10,14H,12-13H2,1-2H3,(H,24,27). The largest absolute Gasteiger partial charge is 0.451 e. The van der Waals surface area contributed by atoms with Crippen molar-refractivity contribution in [3.63, 3.8) is 0 Å². The van der Waals surface area contributed by atoms with Gasteiger partial charge in [0.15, 0.2) is 12.3 Å². The van der Waals surface area contributed by atoms with E-state index in [1.165, 1.54) is 4.68 Å². The van der Waals surface area contributed by atoms with E-state index >= 15 is 0 Å². The number of amides is 1. The highest BCUT2D eigenvalue weighted by Crippen LogP contribution is 2.16. The molecule has 1 heterocycles. The summed E-state index contributed by atoms with van der Waals surface area (Å²) in [5.41, 5.74) is 0.304. The number of benzene rings is 2. The van der Waals surface area contributed by atoms with Gasteiger partial charge in [-0.25, -0.2) is 9.48 Å². The monoisotopic (exact) mass is 404 g/mol. The Labute approximate surface area is 172 Å². The number of rotatable bonds is 6. The molecule has 2 aromatic carbocycles. The summed E-state index contributed by atoms with van der Waals surface area (Å²) in [4.78, 5) is 37.5. The highest BCUT2D eigenvalue weighted by molar-refractivity contribution is 6.03. The van der Waals surface area contributed by atoms with Crippen molar-refractivity contribution in [1.82, 2.24) is 9.78 Å². The smallest absolute Gasteiger partial charge is 0.359 e. The topological polar surface area (TPSA) is 114 Å². The van der Waals surface area contributed by atoms with Crippen LogP contribution in [-0.4, -0.2) is 28.3 Å². The van der Waals surface area contributed by atoms with Gasteiger partial charge in [-0.3, -0.25) is 9.59 Å². The zero-order valence-electron chi connectivity index (χ0n) is 16.6. The highest BCUT2D eigenvalue weighted by Gasteiger charge is 2.19. The molecule has 1 amide bonds. The van der Waals surface area contributed by atoms with Crippen molar-refractivity contribution in [3.05, 3.63) is 70.1 Å². The van der Waals surface area contributed by atoms with Crippen LogP contribution in [0.5, 0.6) is 0 Å². The zero-order valence-corrected chi connectivity index (χ0v) is 16.6. The summed E-state index contributed by atoms with van der Waals surface area (Å²) < 4.78 is 6.37. The Hall–Kier alpha value is -3.99. The first-order chi connectivity index (χ1) is 14.4. The molecule has 0 radical (unpaired) electrons. The lowest BCUT2D eigenvalue weighted by atomic mass is 10.1. The maximum atomic E-state index is 12.7. The second kappa shape index (κ2) is 9.01. The second-order valence-electron chi connectivity index (χ2n) is 7.06. The first kappa shape index (κ1) is 20.7. The van der Waals surface area contributed by atoms with E-state index in [9.17, 15) is 14.4 Å². The number of hydrogen-bond donors (Lipinski definition) is 1. The van der Waals surface area contributed by atoms with Crippen molar-refractivity contribution in [1.29, 1.82) is 5.26 Å². The third kappa shape index (κ3) is 4.52. The Balaban J connectivity index is 1.81. The molecular formula is C22H20N4O4. The SMILES string of the molecule is CC(C)Cn1nc(C(=O)OCC(=O)Nc2ccccc2C#N)c2ccccc2c1=O. The number of anilines is 1. The molecule has 8 nitrogen and oxygen atoms in total. The number of nitriles is 1. The Bertz CT molecular complexity index is 1210. The van der Waals surface area contributed by atoms with Gasteiger partial charge in [0, 0.05) is 11.9 Å². The number of fused-ring (bicyclic) bond motifs is 1. The lowest BCUT2D eigenvalue weighted by Crippen LogP contribution is -2.29. The highest BCUT2D eigenvalue weighted by atomic mass is 16.5. The first-order valence-corrected chi connectivity index (χ1v) is 9.36. The summed E-state index contributed by atoms with van der Waals surface area (Å²) in [6.45, 7) is 3.66. The van der Waals surface area contributed by atoms with Gasteiger partial charge in [-0.15, -0.1) is 0 Å². The first-order valence-electron chi connectivity index (χ1n) is 9.36. The Morgan fingerprint density at radius 2 is 1.80 bits per heavy atom. The zero-order chi connectivity index (χ0) is 21.7. The van der Waals surface area contributed by atoms with Crippen molar-refractivity contribution in [3.8, 4) is 6.07 Å². The minimum Gasteiger partial charge on any atom is -0.451 e. The molecule has 0 saturated carbocycles. The number of esters is 1. The van der Waals surface area contributed by atoms with E-state index in [-0.39, 0.29) is 17.2 Å². The van der Waals surface area contributed by atoms with Crippen LogP contribution in [0.3, 0.4) is 0 Å². The number of ether oxygens (including phenoxy) is 1. The Kier molecular flexibility index (Phi) is 6.23. The quantitative estimate of drug-likeness (QED) is 0.632. The van der Waals surface area contributed by atoms with Gasteiger partial charge in [-0.1, -0.05) is 44.2 Å². The number of nitrogens with zero attached hydrogens (tertiary/aromatic N) is 3. The predicted octanol–water partition coefficient (Wildman–Crippen LogP) is 2.72. The van der Waals surface area contributed by atoms with E-state index in [2.05, 4.69) is 10.4 Å². The normalized spacial score (nSPS) is 10.6. The fourth-order valence-corrected chi connectivity index (χ4v) is 2.93. The predicted molar refractivity (Wildman–Crippen MR) is 111 cm³/mol. The average Bonchev–Trinajstić information content (AvgIpc) is 2.74. The average molecular weight is 404 g/mol. The van der Waals surface area contributed by atoms with Crippen LogP contribution in [0.4, 0.5) is 5.69 Å². The van der Waals surface area contributed by atoms with Crippen molar-refractivity contribution in [2.75, 3.05) is 11.9 Å². The van der Waals surface area contributed by atoms with Gasteiger partial charge in [0.1, 0.15) is 6.07 Å². The molecule has 0 saturated heterocycles. The van der Waals surface area contributed by atoms with Crippen LogP contribution in [0, 0.1) is 17.2 Å². The van der Waals surface area contributed by atoms with Crippen LogP contribution < -0.4 is 10.9 Å². The molecule has 0 bridgehead atoms. The maximum absolute atomic E-state index is 12.7. The molecular weight excluding hydrogens is 384 g/mol. The number of hydrogen-bond acceptors (Lipinski definition) is 6. The van der Waals surface area contributed by atoms with Crippen LogP contribution >= 0.6 is 0 Å². The van der Waals surface area contributed by atoms with Crippen LogP contribution in [0.1, 0.15) is 29.9 Å². The summed E-state index contributed by atoms with van der Waals surface area (Å²) in [7, 11) is 0. The summed E-state index contributed by atoms with van der Waals surface area (Å²) in [6, 6.07) is 15.1. The Morgan fingerprint density at radius 3 is 2.50 bits per heavy atom. The molecule has 30 heavy (non-hydrogen) atoms. The van der Waals surface area contributed by atoms with Gasteiger partial charge in [-0.05, 0) is 24.1 Å². The van der Waals surface area contributed by atoms with Gasteiger partial charge in [0.2, 0.25) is 0 Å². The molecule has 3 rings (SSSR count). The molecule has 0 aliphatic rings. The molecule has 8 heteroatoms. The molecule has 1 aromatic heterocycles. The fourth-order valence-electron chi connectivity index (χ4n) is 2.93. The van der Waals surface area contributed by atoms with Crippen molar-refractivity contribution < 1.29 is 14.3 Å². The molecule has 1 N–H and O–H groups in total. The third-order valence-electron chi connectivity index (χ3n) is 4.26. The number of carbonyl (C=O) groups is 2. The molecule has 0 spiro atoms. The third-order valence-corrected chi connectivity index (χ3v) is 4.26. The number of aromatic nitrogens is 2. The summed E-state index contributed by atoms with van der Waals surface area (Å²) in [6.07, 6.45) is 0. The van der Waals surface area contributed by atoms with Crippen LogP contribution in [-0.2, 0) is 16.1 Å². The molecule has 0 aliphatic heterocycles. The van der Waals surface area contributed by atoms with Crippen LogP contribution in [0.25, 0.3) is 10.8 Å². The molecule has 0 atom stereocenters. The van der Waals surface area contributed by atoms with Crippen molar-refractivity contribution in [2.45, 2.75) is 20.4 Å². The molecule has 0 unspecified atom stereocenters. The van der Waals surface area contributed by atoms with E-state index in [1.54, 1.807) is 48.5 Å². The van der Waals surface area contributed by atoms with Crippen molar-refractivity contribution >= 4 is 28.3 Å². The Morgan fingerprint density at radius 1 is 1.13 bits per heavy atom. The summed E-state index contributed by atoms with van der Waals surface area (Å²) in [5, 5.41) is 16.5. The van der Waals surface area contributed by atoms with Crippen LogP contribution in [0.15, 0.2) is 53.3 Å². The molecule has 0 aliphatic carbocycles. The van der Waals surface area contributed by atoms with E-state index in [0.717, 1.165) is 0 Å². The van der Waals surface area contributed by atoms with Gasteiger partial charge in [-0.2, -0.15) is 10.4 Å². The van der Waals surface area contributed by atoms with E-state index < -0.39 is 18.5 Å². The van der Waals surface area contributed by atoms with Gasteiger partial charge >= 0.3 is 5.97 Å². The summed E-state index contributed by atoms with van der Waals surface area (Å²) >= 11 is 0. The number of nitrogens with one attached hydrogen (secondary N) is 1. The van der Waals surface area contributed by atoms with Crippen LogP contribution in [0.2, 0.25) is 0 Å². The lowest BCUT2D eigenvalue weighted by Gasteiger charge is -2.12. The summed E-state index contributed by atoms with van der Waals surface area (Å²) in [5.74, 6) is -1.26. The fraction of sp³-hybridized carbons (Fsp3) is 0.227. The number of para-hydroxylation sites is 1. The minimum atomic E-state index is -0.813. The van der Waals surface area contributed by atoms with Gasteiger partial charge < -0.3 is 10.1 Å². The van der Waals surface area contributed by atoms with Crippen molar-refractivity contribution in [2.24, 2.45) is 5.92 Å². The molecule has 3 aromatic rings. The lowest BCUT2D eigenvalue weighted by molar-refractivity contribution is -0.119. The van der Waals surface area contributed by atoms with E-state index in [0.29, 0.717) is 28.6 Å². The molecule has 152 valence electrons. The van der Waals surface area contributed by atoms with E-state index in [4.69, 9.17) is 10.00 Å². The van der Waals surface area contributed by atoms with Gasteiger partial charge in [0.25, 0.3) is 11.5 Å². The number of carbonyl (C=O) groups excluding carboxylic acids is 2. The minimum absolute atomic E-state index is 0.0314. The molecule has 0 fully saturated rings. The van der Waals surface area contributed by atoms with E-state index in [1.807, 2.05) is 19.9 Å².